The number of hydrogen-bond acceptors (Lipinski definition) is 3. The van der Waals surface area contributed by atoms with E-state index in [2.05, 4.69) is 10.6 Å². The summed E-state index contributed by atoms with van der Waals surface area (Å²) in [4.78, 5) is 11.1. The summed E-state index contributed by atoms with van der Waals surface area (Å²) in [6, 6.07) is 22.3. The van der Waals surface area contributed by atoms with Gasteiger partial charge in [-0.3, -0.25) is 0 Å². The van der Waals surface area contributed by atoms with Crippen molar-refractivity contribution in [3.8, 4) is 17.2 Å². The van der Waals surface area contributed by atoms with Crippen LogP contribution in [0.4, 0.5) is 5.69 Å². The molecule has 0 atom stereocenters. The first kappa shape index (κ1) is 17.4. The third-order valence-corrected chi connectivity index (χ3v) is 4.76. The molecule has 136 valence electrons. The zero-order valence-electron chi connectivity index (χ0n) is 15.0. The van der Waals surface area contributed by atoms with Gasteiger partial charge >= 0.3 is 5.97 Å². The third-order valence-electron chi connectivity index (χ3n) is 4.76. The zero-order chi connectivity index (χ0) is 19.7. The van der Waals surface area contributed by atoms with E-state index in [9.17, 15) is 10.1 Å². The van der Waals surface area contributed by atoms with E-state index in [0.717, 1.165) is 27.6 Å². The van der Waals surface area contributed by atoms with Gasteiger partial charge in [-0.15, -0.1) is 0 Å². The van der Waals surface area contributed by atoms with Crippen molar-refractivity contribution in [1.29, 1.82) is 5.26 Å². The molecule has 0 aliphatic carbocycles. The Morgan fingerprint density at radius 1 is 1.07 bits per heavy atom. The lowest BCUT2D eigenvalue weighted by Crippen LogP contribution is -2.00. The van der Waals surface area contributed by atoms with Crippen LogP contribution in [0.5, 0.6) is 0 Å². The van der Waals surface area contributed by atoms with E-state index in [4.69, 9.17) is 10.8 Å². The minimum absolute atomic E-state index is 0.264. The molecule has 4 rings (SSSR count). The van der Waals surface area contributed by atoms with Gasteiger partial charge in [0.2, 0.25) is 0 Å². The second kappa shape index (κ2) is 6.93. The maximum Gasteiger partial charge on any atom is 0.335 e. The predicted molar refractivity (Wildman–Crippen MR) is 109 cm³/mol. The van der Waals surface area contributed by atoms with Crippen LogP contribution in [0.1, 0.15) is 21.5 Å². The fourth-order valence-electron chi connectivity index (χ4n) is 3.38. The van der Waals surface area contributed by atoms with E-state index in [0.29, 0.717) is 17.8 Å². The van der Waals surface area contributed by atoms with Crippen molar-refractivity contribution in [3.05, 3.63) is 89.6 Å². The van der Waals surface area contributed by atoms with Crippen LogP contribution in [0.25, 0.3) is 22.0 Å². The summed E-state index contributed by atoms with van der Waals surface area (Å²) in [5.74, 6) is -0.939. The molecule has 0 spiro atoms. The predicted octanol–water partition coefficient (Wildman–Crippen LogP) is 4.51. The summed E-state index contributed by atoms with van der Waals surface area (Å²) < 4.78 is 2.10. The second-order valence-corrected chi connectivity index (χ2v) is 6.64. The van der Waals surface area contributed by atoms with E-state index in [1.807, 2.05) is 54.7 Å². The Labute approximate surface area is 161 Å². The van der Waals surface area contributed by atoms with Crippen molar-refractivity contribution >= 4 is 22.6 Å². The van der Waals surface area contributed by atoms with Crippen molar-refractivity contribution in [2.45, 2.75) is 6.54 Å². The largest absolute Gasteiger partial charge is 0.478 e. The average Bonchev–Trinajstić information content (AvgIpc) is 3.06. The number of benzene rings is 3. The summed E-state index contributed by atoms with van der Waals surface area (Å²) in [5.41, 5.74) is 11.5. The van der Waals surface area contributed by atoms with Gasteiger partial charge in [0.05, 0.1) is 17.2 Å². The van der Waals surface area contributed by atoms with Crippen LogP contribution in [0.15, 0.2) is 72.9 Å². The summed E-state index contributed by atoms with van der Waals surface area (Å²) in [5, 5.41) is 19.3. The number of carboxylic acid groups (broad SMARTS) is 1. The highest BCUT2D eigenvalue weighted by Crippen LogP contribution is 2.32. The van der Waals surface area contributed by atoms with Gasteiger partial charge in [-0.25, -0.2) is 4.79 Å². The second-order valence-electron chi connectivity index (χ2n) is 6.64. The average molecular weight is 367 g/mol. The van der Waals surface area contributed by atoms with Crippen LogP contribution in [-0.4, -0.2) is 15.6 Å². The lowest BCUT2D eigenvalue weighted by molar-refractivity contribution is 0.0697. The molecule has 5 heteroatoms. The molecule has 3 aromatic carbocycles. The first-order valence-electron chi connectivity index (χ1n) is 8.76. The lowest BCUT2D eigenvalue weighted by atomic mass is 10.0. The number of carbonyl (C=O) groups is 1. The van der Waals surface area contributed by atoms with Crippen LogP contribution in [0, 0.1) is 11.3 Å². The van der Waals surface area contributed by atoms with Crippen LogP contribution in [0.2, 0.25) is 0 Å². The van der Waals surface area contributed by atoms with Gasteiger partial charge in [0.15, 0.2) is 0 Å². The number of nitrogens with zero attached hydrogens (tertiary/aromatic N) is 2. The topological polar surface area (TPSA) is 92.0 Å². The number of nitriles is 1. The summed E-state index contributed by atoms with van der Waals surface area (Å²) in [6.45, 7) is 0.588. The number of rotatable bonds is 4. The minimum Gasteiger partial charge on any atom is -0.478 e. The molecule has 1 aromatic heterocycles. The van der Waals surface area contributed by atoms with Crippen molar-refractivity contribution in [2.24, 2.45) is 0 Å². The number of nitrogens with two attached hydrogens (primary N) is 1. The Hall–Kier alpha value is -4.04. The first-order valence-corrected chi connectivity index (χ1v) is 8.76. The van der Waals surface area contributed by atoms with Gasteiger partial charge in [0.1, 0.15) is 0 Å². The highest BCUT2D eigenvalue weighted by molar-refractivity contribution is 5.97. The Morgan fingerprint density at radius 3 is 2.54 bits per heavy atom. The number of aromatic carboxylic acids is 1. The molecule has 0 bridgehead atoms. The quantitative estimate of drug-likeness (QED) is 0.519. The standard InChI is InChI=1S/C23H17N3O2/c24-12-16-6-9-22-20(10-16)21(18-2-1-3-19(25)11-18)14-26(22)13-15-4-7-17(8-5-15)23(27)28/h1-11,14H,13,25H2,(H,27,28). The van der Waals surface area contributed by atoms with Crippen LogP contribution in [0.3, 0.4) is 0 Å². The fourth-order valence-corrected chi connectivity index (χ4v) is 3.38. The minimum atomic E-state index is -0.939. The molecule has 0 aliphatic rings. The van der Waals surface area contributed by atoms with Gasteiger partial charge in [-0.05, 0) is 53.6 Å². The van der Waals surface area contributed by atoms with Gasteiger partial charge in [0.25, 0.3) is 0 Å². The fraction of sp³-hybridized carbons (Fsp3) is 0.0435. The van der Waals surface area contributed by atoms with E-state index in [1.165, 1.54) is 0 Å². The molecular formula is C23H17N3O2. The van der Waals surface area contributed by atoms with Gasteiger partial charge < -0.3 is 15.4 Å². The lowest BCUT2D eigenvalue weighted by Gasteiger charge is -2.06. The van der Waals surface area contributed by atoms with E-state index < -0.39 is 5.97 Å². The molecule has 0 aliphatic heterocycles. The van der Waals surface area contributed by atoms with Crippen molar-refractivity contribution < 1.29 is 9.90 Å². The van der Waals surface area contributed by atoms with E-state index in [-0.39, 0.29) is 5.56 Å². The first-order chi connectivity index (χ1) is 13.5. The molecule has 4 aromatic rings. The maximum absolute atomic E-state index is 11.1. The normalized spacial score (nSPS) is 10.7. The van der Waals surface area contributed by atoms with Crippen molar-refractivity contribution in [3.63, 3.8) is 0 Å². The van der Waals surface area contributed by atoms with E-state index in [1.54, 1.807) is 18.2 Å². The van der Waals surface area contributed by atoms with Gasteiger partial charge in [0, 0.05) is 34.9 Å². The molecule has 0 saturated carbocycles. The molecule has 3 N–H and O–H groups in total. The third kappa shape index (κ3) is 3.19. The molecule has 0 radical (unpaired) electrons. The summed E-state index contributed by atoms with van der Waals surface area (Å²) in [6.07, 6.45) is 2.05. The van der Waals surface area contributed by atoms with E-state index >= 15 is 0 Å². The van der Waals surface area contributed by atoms with Crippen LogP contribution in [-0.2, 0) is 6.54 Å². The highest BCUT2D eigenvalue weighted by atomic mass is 16.4. The highest BCUT2D eigenvalue weighted by Gasteiger charge is 2.12. The Morgan fingerprint density at radius 2 is 1.86 bits per heavy atom. The van der Waals surface area contributed by atoms with Crippen molar-refractivity contribution in [1.82, 2.24) is 4.57 Å². The number of fused-ring (bicyclic) bond motifs is 1. The molecule has 1 heterocycles. The maximum atomic E-state index is 11.1. The molecule has 5 nitrogen and oxygen atoms in total. The zero-order valence-corrected chi connectivity index (χ0v) is 15.0. The number of carboxylic acids is 1. The Kier molecular flexibility index (Phi) is 4.30. The molecule has 28 heavy (non-hydrogen) atoms. The number of anilines is 1. The molecule has 0 amide bonds. The van der Waals surface area contributed by atoms with Gasteiger partial charge in [-0.1, -0.05) is 24.3 Å². The smallest absolute Gasteiger partial charge is 0.335 e. The number of aromatic nitrogens is 1. The number of nitrogen functional groups attached to an aromatic ring is 1. The van der Waals surface area contributed by atoms with Gasteiger partial charge in [-0.2, -0.15) is 5.26 Å². The van der Waals surface area contributed by atoms with Crippen LogP contribution >= 0.6 is 0 Å². The summed E-state index contributed by atoms with van der Waals surface area (Å²) in [7, 11) is 0. The molecule has 0 saturated heterocycles. The van der Waals surface area contributed by atoms with Crippen molar-refractivity contribution in [2.75, 3.05) is 5.73 Å². The summed E-state index contributed by atoms with van der Waals surface area (Å²) >= 11 is 0. The van der Waals surface area contributed by atoms with Crippen LogP contribution < -0.4 is 5.73 Å². The molecular weight excluding hydrogens is 350 g/mol. The Balaban J connectivity index is 1.82. The molecule has 0 fully saturated rings. The monoisotopic (exact) mass is 367 g/mol. The number of hydrogen-bond donors (Lipinski definition) is 2. The Bertz CT molecular complexity index is 1230. The molecule has 0 unspecified atom stereocenters. The SMILES string of the molecule is N#Cc1ccc2c(c1)c(-c1cccc(N)c1)cn2Cc1ccc(C(=O)O)cc1.